The van der Waals surface area contributed by atoms with E-state index in [1.807, 2.05) is 30.3 Å². The summed E-state index contributed by atoms with van der Waals surface area (Å²) in [6, 6.07) is 10.4. The topological polar surface area (TPSA) is 39.9 Å². The van der Waals surface area contributed by atoms with Gasteiger partial charge in [0.25, 0.3) is 8.32 Å². The molecule has 1 heterocycles. The van der Waals surface area contributed by atoms with Gasteiger partial charge in [-0.25, -0.2) is 4.68 Å². The number of nitrogens with zero attached hydrogens (tertiary/aromatic N) is 3. The smallest absolute Gasteiger partial charge is 0.321 e. The van der Waals surface area contributed by atoms with Crippen molar-refractivity contribution in [2.45, 2.75) is 38.9 Å². The molecule has 19 heavy (non-hydrogen) atoms. The van der Waals surface area contributed by atoms with Gasteiger partial charge in [0, 0.05) is 0 Å². The fourth-order valence-electron chi connectivity index (χ4n) is 1.38. The summed E-state index contributed by atoms with van der Waals surface area (Å²) in [4.78, 5) is 4.26. The van der Waals surface area contributed by atoms with Crippen molar-refractivity contribution in [3.8, 4) is 11.7 Å². The van der Waals surface area contributed by atoms with Crippen LogP contribution in [-0.2, 0) is 0 Å². The zero-order valence-corrected chi connectivity index (χ0v) is 13.2. The molecule has 2 rings (SSSR count). The summed E-state index contributed by atoms with van der Waals surface area (Å²) in [5.74, 6) is 0. The highest BCUT2D eigenvalue weighted by molar-refractivity contribution is 6.74. The zero-order chi connectivity index (χ0) is 14.1. The monoisotopic (exact) mass is 275 g/mol. The molecule has 0 spiro atoms. The second-order valence-electron chi connectivity index (χ2n) is 6.17. The Hall–Kier alpha value is -1.62. The molecular weight excluding hydrogens is 254 g/mol. The standard InChI is InChI=1S/C14H21N3OSi/c1-14(2,3)19(4,5)18-13-15-11-17(16-13)12-9-7-6-8-10-12/h6-11H,1-5H3. The maximum Gasteiger partial charge on any atom is 0.321 e. The molecule has 0 N–H and O–H groups in total. The molecule has 0 amide bonds. The summed E-state index contributed by atoms with van der Waals surface area (Å²) >= 11 is 0. The molecule has 0 aliphatic carbocycles. The number of hydrogen-bond acceptors (Lipinski definition) is 3. The van der Waals surface area contributed by atoms with Crippen LogP contribution in [0.5, 0.6) is 6.01 Å². The van der Waals surface area contributed by atoms with Crippen LogP contribution in [0.15, 0.2) is 36.7 Å². The minimum Gasteiger partial charge on any atom is -0.516 e. The highest BCUT2D eigenvalue weighted by atomic mass is 28.4. The largest absolute Gasteiger partial charge is 0.516 e. The van der Waals surface area contributed by atoms with Crippen LogP contribution in [0, 0.1) is 0 Å². The molecular formula is C14H21N3OSi. The molecule has 0 aliphatic heterocycles. The van der Waals surface area contributed by atoms with E-state index in [1.54, 1.807) is 11.0 Å². The van der Waals surface area contributed by atoms with Crippen LogP contribution in [0.1, 0.15) is 20.8 Å². The van der Waals surface area contributed by atoms with Gasteiger partial charge < -0.3 is 4.43 Å². The van der Waals surface area contributed by atoms with E-state index in [4.69, 9.17) is 4.43 Å². The Morgan fingerprint density at radius 2 is 1.74 bits per heavy atom. The molecule has 2 aromatic rings. The first-order valence-electron chi connectivity index (χ1n) is 6.46. The van der Waals surface area contributed by atoms with Crippen LogP contribution in [0.2, 0.25) is 18.1 Å². The van der Waals surface area contributed by atoms with Gasteiger partial charge in [0.2, 0.25) is 0 Å². The van der Waals surface area contributed by atoms with Gasteiger partial charge in [0.05, 0.1) is 5.69 Å². The molecule has 5 heteroatoms. The highest BCUT2D eigenvalue weighted by Gasteiger charge is 2.39. The summed E-state index contributed by atoms with van der Waals surface area (Å²) in [6.45, 7) is 11.0. The van der Waals surface area contributed by atoms with Gasteiger partial charge in [-0.3, -0.25) is 0 Å². The third kappa shape index (κ3) is 3.04. The normalized spacial score (nSPS) is 12.5. The average molecular weight is 275 g/mol. The Kier molecular flexibility index (Phi) is 3.49. The van der Waals surface area contributed by atoms with Crippen molar-refractivity contribution in [1.82, 2.24) is 14.8 Å². The Bertz CT molecular complexity index is 543. The molecule has 0 atom stereocenters. The lowest BCUT2D eigenvalue weighted by Gasteiger charge is -2.34. The molecule has 0 aliphatic rings. The van der Waals surface area contributed by atoms with E-state index >= 15 is 0 Å². The van der Waals surface area contributed by atoms with Gasteiger partial charge in [0.15, 0.2) is 0 Å². The van der Waals surface area contributed by atoms with Crippen molar-refractivity contribution in [2.24, 2.45) is 0 Å². The van der Waals surface area contributed by atoms with Crippen LogP contribution >= 0.6 is 0 Å². The van der Waals surface area contributed by atoms with Crippen molar-refractivity contribution in [1.29, 1.82) is 0 Å². The maximum atomic E-state index is 6.06. The Balaban J connectivity index is 2.19. The summed E-state index contributed by atoms with van der Waals surface area (Å²) < 4.78 is 7.80. The fourth-order valence-corrected chi connectivity index (χ4v) is 2.24. The van der Waals surface area contributed by atoms with Crippen LogP contribution in [0.3, 0.4) is 0 Å². The van der Waals surface area contributed by atoms with Crippen LogP contribution < -0.4 is 4.43 Å². The van der Waals surface area contributed by atoms with Crippen molar-refractivity contribution in [3.05, 3.63) is 36.7 Å². The predicted molar refractivity (Wildman–Crippen MR) is 79.2 cm³/mol. The van der Waals surface area contributed by atoms with E-state index in [0.717, 1.165) is 5.69 Å². The van der Waals surface area contributed by atoms with E-state index in [1.165, 1.54) is 0 Å². The summed E-state index contributed by atoms with van der Waals surface area (Å²) in [7, 11) is -1.87. The molecule has 0 saturated carbocycles. The average Bonchev–Trinajstić information content (AvgIpc) is 2.76. The molecule has 0 fully saturated rings. The Morgan fingerprint density at radius 3 is 2.32 bits per heavy atom. The third-order valence-electron chi connectivity index (χ3n) is 3.64. The zero-order valence-electron chi connectivity index (χ0n) is 12.2. The number of aromatic nitrogens is 3. The minimum absolute atomic E-state index is 0.144. The van der Waals surface area contributed by atoms with Gasteiger partial charge >= 0.3 is 6.01 Å². The van der Waals surface area contributed by atoms with Crippen LogP contribution in [0.4, 0.5) is 0 Å². The van der Waals surface area contributed by atoms with Gasteiger partial charge in [-0.2, -0.15) is 4.98 Å². The van der Waals surface area contributed by atoms with E-state index < -0.39 is 8.32 Å². The quantitative estimate of drug-likeness (QED) is 0.803. The Labute approximate surface area is 115 Å². The lowest BCUT2D eigenvalue weighted by atomic mass is 10.2. The molecule has 4 nitrogen and oxygen atoms in total. The second-order valence-corrected chi connectivity index (χ2v) is 10.9. The lowest BCUT2D eigenvalue weighted by Crippen LogP contribution is -2.44. The number of hydrogen-bond donors (Lipinski definition) is 0. The molecule has 1 aromatic carbocycles. The van der Waals surface area contributed by atoms with Crippen molar-refractivity contribution in [3.63, 3.8) is 0 Å². The predicted octanol–water partition coefficient (Wildman–Crippen LogP) is 3.65. The van der Waals surface area contributed by atoms with E-state index in [9.17, 15) is 0 Å². The first kappa shape index (κ1) is 13.8. The Morgan fingerprint density at radius 1 is 1.11 bits per heavy atom. The minimum atomic E-state index is -1.87. The highest BCUT2D eigenvalue weighted by Crippen LogP contribution is 2.36. The maximum absolute atomic E-state index is 6.06. The van der Waals surface area contributed by atoms with Crippen molar-refractivity contribution >= 4 is 8.32 Å². The van der Waals surface area contributed by atoms with Crippen molar-refractivity contribution in [2.75, 3.05) is 0 Å². The van der Waals surface area contributed by atoms with E-state index in [-0.39, 0.29) is 5.04 Å². The van der Waals surface area contributed by atoms with Crippen LogP contribution in [-0.4, -0.2) is 23.1 Å². The number of para-hydroxylation sites is 1. The van der Waals surface area contributed by atoms with Gasteiger partial charge in [-0.05, 0) is 30.3 Å². The van der Waals surface area contributed by atoms with Gasteiger partial charge in [0.1, 0.15) is 6.33 Å². The molecule has 0 radical (unpaired) electrons. The number of rotatable bonds is 3. The fraction of sp³-hybridized carbons (Fsp3) is 0.429. The number of benzene rings is 1. The molecule has 0 unspecified atom stereocenters. The lowest BCUT2D eigenvalue weighted by molar-refractivity contribution is 0.458. The molecule has 1 aromatic heterocycles. The first-order valence-corrected chi connectivity index (χ1v) is 9.36. The molecule has 0 saturated heterocycles. The van der Waals surface area contributed by atoms with E-state index in [0.29, 0.717) is 6.01 Å². The third-order valence-corrected chi connectivity index (χ3v) is 7.95. The molecule has 102 valence electrons. The van der Waals surface area contributed by atoms with Crippen LogP contribution in [0.25, 0.3) is 5.69 Å². The van der Waals surface area contributed by atoms with Crippen molar-refractivity contribution < 1.29 is 4.43 Å². The molecule has 0 bridgehead atoms. The van der Waals surface area contributed by atoms with Gasteiger partial charge in [-0.1, -0.05) is 39.0 Å². The summed E-state index contributed by atoms with van der Waals surface area (Å²) in [5, 5.41) is 4.54. The summed E-state index contributed by atoms with van der Waals surface area (Å²) in [6.07, 6.45) is 1.69. The van der Waals surface area contributed by atoms with E-state index in [2.05, 4.69) is 43.9 Å². The second kappa shape index (κ2) is 4.81. The van der Waals surface area contributed by atoms with Gasteiger partial charge in [-0.15, -0.1) is 5.10 Å². The first-order chi connectivity index (χ1) is 8.79. The SMILES string of the molecule is CC(C)(C)[Si](C)(C)Oc1ncn(-c2ccccc2)n1. The summed E-state index contributed by atoms with van der Waals surface area (Å²) in [5.41, 5.74) is 0.986.